The molecule has 0 aromatic heterocycles. The first-order valence-corrected chi connectivity index (χ1v) is 9.96. The third-order valence-electron chi connectivity index (χ3n) is 3.09. The Balaban J connectivity index is 3.51. The van der Waals surface area contributed by atoms with Gasteiger partial charge in [0.25, 0.3) is 9.05 Å². The van der Waals surface area contributed by atoms with Crippen LogP contribution in [0.15, 0.2) is 34.1 Å². The van der Waals surface area contributed by atoms with Crippen molar-refractivity contribution in [1.29, 1.82) is 0 Å². The topological polar surface area (TPSA) is 71.5 Å². The van der Waals surface area contributed by atoms with Gasteiger partial charge in [0.05, 0.1) is 0 Å². The molecule has 20 heavy (non-hydrogen) atoms. The van der Waals surface area contributed by atoms with Crippen LogP contribution in [0.25, 0.3) is 0 Å². The van der Waals surface area contributed by atoms with Gasteiger partial charge in [-0.15, -0.1) is 0 Å². The van der Waals surface area contributed by atoms with Crippen molar-refractivity contribution in [2.24, 2.45) is 0 Å². The van der Waals surface area contributed by atoms with E-state index in [9.17, 15) is 16.8 Å². The van der Waals surface area contributed by atoms with Crippen LogP contribution in [-0.4, -0.2) is 33.7 Å². The zero-order chi connectivity index (χ0) is 15.6. The van der Waals surface area contributed by atoms with E-state index in [0.717, 1.165) is 0 Å². The van der Waals surface area contributed by atoms with Crippen molar-refractivity contribution in [3.05, 3.63) is 24.3 Å². The molecule has 114 valence electrons. The minimum atomic E-state index is -4.12. The second-order valence-electron chi connectivity index (χ2n) is 4.35. The van der Waals surface area contributed by atoms with E-state index in [0.29, 0.717) is 6.42 Å². The maximum atomic E-state index is 12.6. The van der Waals surface area contributed by atoms with Crippen molar-refractivity contribution in [2.75, 3.05) is 6.54 Å². The van der Waals surface area contributed by atoms with Gasteiger partial charge in [-0.25, -0.2) is 16.8 Å². The normalized spacial score (nSPS) is 14.4. The van der Waals surface area contributed by atoms with Crippen LogP contribution in [0.2, 0.25) is 0 Å². The summed E-state index contributed by atoms with van der Waals surface area (Å²) < 4.78 is 49.6. The van der Waals surface area contributed by atoms with E-state index in [1.807, 2.05) is 6.92 Å². The maximum Gasteiger partial charge on any atom is 0.262 e. The number of halogens is 1. The predicted molar refractivity (Wildman–Crippen MR) is 78.8 cm³/mol. The number of rotatable bonds is 6. The molecular weight excluding hydrogens is 322 g/mol. The first-order valence-electron chi connectivity index (χ1n) is 6.21. The lowest BCUT2D eigenvalue weighted by Gasteiger charge is -2.26. The molecule has 0 spiro atoms. The summed E-state index contributed by atoms with van der Waals surface area (Å²) in [6, 6.07) is 5.14. The molecule has 1 rings (SSSR count). The molecule has 1 atom stereocenters. The molecule has 0 aliphatic rings. The van der Waals surface area contributed by atoms with Gasteiger partial charge in [0.15, 0.2) is 0 Å². The minimum absolute atomic E-state index is 0.226. The van der Waals surface area contributed by atoms with Crippen LogP contribution < -0.4 is 0 Å². The second-order valence-corrected chi connectivity index (χ2v) is 8.74. The Bertz CT molecular complexity index is 670. The van der Waals surface area contributed by atoms with Crippen LogP contribution in [0.1, 0.15) is 27.2 Å². The van der Waals surface area contributed by atoms with Crippen LogP contribution in [0.5, 0.6) is 0 Å². The van der Waals surface area contributed by atoms with Gasteiger partial charge in [-0.1, -0.05) is 26.0 Å². The Morgan fingerprint density at radius 2 is 1.60 bits per heavy atom. The molecule has 0 saturated carbocycles. The fourth-order valence-electron chi connectivity index (χ4n) is 1.91. The molecule has 5 nitrogen and oxygen atoms in total. The van der Waals surface area contributed by atoms with Gasteiger partial charge < -0.3 is 0 Å². The van der Waals surface area contributed by atoms with Crippen LogP contribution >= 0.6 is 10.7 Å². The fourth-order valence-corrected chi connectivity index (χ4v) is 5.44. The summed E-state index contributed by atoms with van der Waals surface area (Å²) in [4.78, 5) is -0.666. The van der Waals surface area contributed by atoms with Gasteiger partial charge in [0.2, 0.25) is 10.0 Å². The summed E-state index contributed by atoms with van der Waals surface area (Å²) >= 11 is 0. The predicted octanol–water partition coefficient (Wildman–Crippen LogP) is 2.42. The molecular formula is C12H18ClNO4S2. The largest absolute Gasteiger partial charge is 0.262 e. The Labute approximate surface area is 125 Å². The lowest BCUT2D eigenvalue weighted by Crippen LogP contribution is -2.38. The third-order valence-corrected chi connectivity index (χ3v) is 6.75. The van der Waals surface area contributed by atoms with Crippen LogP contribution in [0.3, 0.4) is 0 Å². The van der Waals surface area contributed by atoms with Gasteiger partial charge in [-0.05, 0) is 25.5 Å². The Kier molecular flexibility index (Phi) is 5.60. The SMILES string of the molecule is CCC(C)N(CC)S(=O)(=O)c1ccccc1S(=O)(=O)Cl. The highest BCUT2D eigenvalue weighted by Gasteiger charge is 2.31. The number of sulfonamides is 1. The van der Waals surface area contributed by atoms with E-state index < -0.39 is 19.1 Å². The number of benzene rings is 1. The van der Waals surface area contributed by atoms with Crippen molar-refractivity contribution >= 4 is 29.8 Å². The number of hydrogen-bond donors (Lipinski definition) is 0. The van der Waals surface area contributed by atoms with E-state index in [2.05, 4.69) is 0 Å². The Morgan fingerprint density at radius 3 is 2.00 bits per heavy atom. The summed E-state index contributed by atoms with van der Waals surface area (Å²) in [5.41, 5.74) is 0. The number of nitrogens with zero attached hydrogens (tertiary/aromatic N) is 1. The third kappa shape index (κ3) is 3.52. The summed E-state index contributed by atoms with van der Waals surface area (Å²) in [5.74, 6) is 0. The van der Waals surface area contributed by atoms with Crippen LogP contribution in [0, 0.1) is 0 Å². The minimum Gasteiger partial charge on any atom is -0.207 e. The van der Waals surface area contributed by atoms with Gasteiger partial charge >= 0.3 is 0 Å². The second kappa shape index (κ2) is 6.43. The van der Waals surface area contributed by atoms with Gasteiger partial charge in [-0.2, -0.15) is 4.31 Å². The van der Waals surface area contributed by atoms with Crippen molar-refractivity contribution in [1.82, 2.24) is 4.31 Å². The standard InChI is InChI=1S/C12H18ClNO4S2/c1-4-10(3)14(5-2)20(17,18)12-9-7-6-8-11(12)19(13,15)16/h6-10H,4-5H2,1-3H3. The first-order chi connectivity index (χ1) is 9.16. The molecule has 0 saturated heterocycles. The highest BCUT2D eigenvalue weighted by atomic mass is 35.7. The monoisotopic (exact) mass is 339 g/mol. The number of hydrogen-bond acceptors (Lipinski definition) is 4. The highest BCUT2D eigenvalue weighted by molar-refractivity contribution is 8.14. The van der Waals surface area contributed by atoms with Gasteiger partial charge in [-0.3, -0.25) is 0 Å². The van der Waals surface area contributed by atoms with Crippen LogP contribution in [0.4, 0.5) is 0 Å². The molecule has 0 aliphatic carbocycles. The van der Waals surface area contributed by atoms with Crippen molar-refractivity contribution < 1.29 is 16.8 Å². The average molecular weight is 340 g/mol. The first kappa shape index (κ1) is 17.4. The van der Waals surface area contributed by atoms with Crippen molar-refractivity contribution in [3.8, 4) is 0 Å². The molecule has 1 aromatic carbocycles. The summed E-state index contributed by atoms with van der Waals surface area (Å²) in [7, 11) is -2.71. The summed E-state index contributed by atoms with van der Waals surface area (Å²) in [6.45, 7) is 5.61. The van der Waals surface area contributed by atoms with E-state index >= 15 is 0 Å². The fraction of sp³-hybridized carbons (Fsp3) is 0.500. The zero-order valence-corrected chi connectivity index (χ0v) is 14.0. The Hall–Kier alpha value is -0.630. The van der Waals surface area contributed by atoms with Crippen LogP contribution in [-0.2, 0) is 19.1 Å². The maximum absolute atomic E-state index is 12.6. The molecule has 8 heteroatoms. The van der Waals surface area contributed by atoms with E-state index in [1.54, 1.807) is 13.8 Å². The van der Waals surface area contributed by atoms with Gasteiger partial charge in [0.1, 0.15) is 9.79 Å². The lowest BCUT2D eigenvalue weighted by molar-refractivity contribution is 0.341. The molecule has 0 heterocycles. The molecule has 1 unspecified atom stereocenters. The molecule has 0 amide bonds. The molecule has 0 radical (unpaired) electrons. The van der Waals surface area contributed by atoms with E-state index in [-0.39, 0.29) is 22.4 Å². The molecule has 1 aromatic rings. The summed E-state index contributed by atoms with van der Waals surface area (Å²) in [6.07, 6.45) is 0.628. The van der Waals surface area contributed by atoms with E-state index in [4.69, 9.17) is 10.7 Å². The smallest absolute Gasteiger partial charge is 0.207 e. The highest BCUT2D eigenvalue weighted by Crippen LogP contribution is 2.27. The quantitative estimate of drug-likeness (QED) is 0.746. The molecule has 0 bridgehead atoms. The lowest BCUT2D eigenvalue weighted by atomic mass is 10.3. The summed E-state index contributed by atoms with van der Waals surface area (Å²) in [5, 5.41) is 0. The molecule has 0 N–H and O–H groups in total. The van der Waals surface area contributed by atoms with Gasteiger partial charge in [0, 0.05) is 23.3 Å². The van der Waals surface area contributed by atoms with Crippen molar-refractivity contribution in [2.45, 2.75) is 43.0 Å². The van der Waals surface area contributed by atoms with Crippen molar-refractivity contribution in [3.63, 3.8) is 0 Å². The Morgan fingerprint density at radius 1 is 1.10 bits per heavy atom. The van der Waals surface area contributed by atoms with E-state index in [1.165, 1.54) is 28.6 Å². The zero-order valence-electron chi connectivity index (χ0n) is 11.6. The molecule has 0 aliphatic heterocycles. The molecule has 0 fully saturated rings. The average Bonchev–Trinajstić information content (AvgIpc) is 2.38.